The van der Waals surface area contributed by atoms with Gasteiger partial charge in [0.25, 0.3) is 0 Å². The SMILES string of the molecule is CCOC(=O)CCN(CCOCCO)C(=O)C1CC1. The highest BCUT2D eigenvalue weighted by Crippen LogP contribution is 2.31. The Morgan fingerprint density at radius 2 is 2.00 bits per heavy atom. The molecule has 0 saturated heterocycles. The van der Waals surface area contributed by atoms with Gasteiger partial charge in [0.15, 0.2) is 0 Å². The molecule has 0 aromatic carbocycles. The lowest BCUT2D eigenvalue weighted by Gasteiger charge is -2.22. The summed E-state index contributed by atoms with van der Waals surface area (Å²) in [7, 11) is 0. The van der Waals surface area contributed by atoms with Crippen LogP contribution >= 0.6 is 0 Å². The Balaban J connectivity index is 2.31. The Kier molecular flexibility index (Phi) is 7.43. The molecule has 110 valence electrons. The summed E-state index contributed by atoms with van der Waals surface area (Å²) in [5.74, 6) is -0.0655. The van der Waals surface area contributed by atoms with Gasteiger partial charge in [0, 0.05) is 19.0 Å². The van der Waals surface area contributed by atoms with E-state index in [-0.39, 0.29) is 37.4 Å². The molecule has 1 N–H and O–H groups in total. The van der Waals surface area contributed by atoms with E-state index in [1.54, 1.807) is 11.8 Å². The quantitative estimate of drug-likeness (QED) is 0.454. The third-order valence-electron chi connectivity index (χ3n) is 2.87. The molecule has 1 aliphatic carbocycles. The fourth-order valence-corrected chi connectivity index (χ4v) is 1.72. The van der Waals surface area contributed by atoms with Crippen LogP contribution in [0, 0.1) is 5.92 Å². The van der Waals surface area contributed by atoms with Gasteiger partial charge in [-0.3, -0.25) is 9.59 Å². The number of ether oxygens (including phenoxy) is 2. The van der Waals surface area contributed by atoms with Gasteiger partial charge in [-0.1, -0.05) is 0 Å². The minimum absolute atomic E-state index is 0.0284. The Hall–Kier alpha value is -1.14. The van der Waals surface area contributed by atoms with Crippen molar-refractivity contribution < 1.29 is 24.2 Å². The van der Waals surface area contributed by atoms with E-state index in [9.17, 15) is 9.59 Å². The van der Waals surface area contributed by atoms with Crippen LogP contribution in [0.15, 0.2) is 0 Å². The van der Waals surface area contributed by atoms with E-state index in [0.29, 0.717) is 26.3 Å². The average molecular weight is 273 g/mol. The zero-order chi connectivity index (χ0) is 14.1. The number of amides is 1. The Morgan fingerprint density at radius 1 is 1.26 bits per heavy atom. The number of aliphatic hydroxyl groups is 1. The maximum absolute atomic E-state index is 12.0. The summed E-state index contributed by atoms with van der Waals surface area (Å²) in [5.41, 5.74) is 0. The number of aliphatic hydroxyl groups excluding tert-OH is 1. The monoisotopic (exact) mass is 273 g/mol. The van der Waals surface area contributed by atoms with E-state index < -0.39 is 0 Å². The summed E-state index contributed by atoms with van der Waals surface area (Å²) < 4.78 is 10.0. The van der Waals surface area contributed by atoms with Crippen LogP contribution in [0.5, 0.6) is 0 Å². The fraction of sp³-hybridized carbons (Fsp3) is 0.846. The number of hydrogen-bond acceptors (Lipinski definition) is 5. The van der Waals surface area contributed by atoms with Crippen LogP contribution in [-0.2, 0) is 19.1 Å². The molecule has 0 bridgehead atoms. The summed E-state index contributed by atoms with van der Waals surface area (Å²) in [5, 5.41) is 8.61. The number of carbonyl (C=O) groups excluding carboxylic acids is 2. The maximum Gasteiger partial charge on any atom is 0.307 e. The largest absolute Gasteiger partial charge is 0.466 e. The van der Waals surface area contributed by atoms with Crippen molar-refractivity contribution in [3.05, 3.63) is 0 Å². The Morgan fingerprint density at radius 3 is 2.58 bits per heavy atom. The summed E-state index contributed by atoms with van der Waals surface area (Å²) in [6, 6.07) is 0. The van der Waals surface area contributed by atoms with Gasteiger partial charge in [-0.05, 0) is 19.8 Å². The molecule has 0 radical (unpaired) electrons. The zero-order valence-electron chi connectivity index (χ0n) is 11.5. The van der Waals surface area contributed by atoms with Crippen LogP contribution in [0.4, 0.5) is 0 Å². The van der Waals surface area contributed by atoms with E-state index >= 15 is 0 Å². The van der Waals surface area contributed by atoms with Gasteiger partial charge in [-0.15, -0.1) is 0 Å². The van der Waals surface area contributed by atoms with E-state index in [2.05, 4.69) is 0 Å². The third-order valence-corrected chi connectivity index (χ3v) is 2.87. The van der Waals surface area contributed by atoms with Crippen molar-refractivity contribution in [1.82, 2.24) is 4.90 Å². The molecule has 1 amide bonds. The van der Waals surface area contributed by atoms with Gasteiger partial charge < -0.3 is 19.5 Å². The molecule has 19 heavy (non-hydrogen) atoms. The van der Waals surface area contributed by atoms with Crippen LogP contribution < -0.4 is 0 Å². The minimum Gasteiger partial charge on any atom is -0.466 e. The Bertz CT molecular complexity index is 291. The molecule has 1 fully saturated rings. The topological polar surface area (TPSA) is 76.1 Å². The van der Waals surface area contributed by atoms with Gasteiger partial charge in [0.1, 0.15) is 0 Å². The first-order valence-electron chi connectivity index (χ1n) is 6.82. The average Bonchev–Trinajstić information content (AvgIpc) is 3.22. The first kappa shape index (κ1) is 15.9. The first-order chi connectivity index (χ1) is 9.19. The van der Waals surface area contributed by atoms with E-state index in [1.165, 1.54) is 0 Å². The van der Waals surface area contributed by atoms with Crippen molar-refractivity contribution in [3.63, 3.8) is 0 Å². The normalized spacial score (nSPS) is 14.2. The fourth-order valence-electron chi connectivity index (χ4n) is 1.72. The molecule has 0 aromatic heterocycles. The van der Waals surface area contributed by atoms with Crippen molar-refractivity contribution in [2.24, 2.45) is 5.92 Å². The first-order valence-corrected chi connectivity index (χ1v) is 6.82. The standard InChI is InChI=1S/C13H23NO5/c1-2-19-12(16)5-6-14(7-9-18-10-8-15)13(17)11-3-4-11/h11,15H,2-10H2,1H3. The second-order valence-electron chi connectivity index (χ2n) is 4.49. The van der Waals surface area contributed by atoms with Gasteiger partial charge in [0.05, 0.1) is 32.8 Å². The summed E-state index contributed by atoms with van der Waals surface area (Å²) >= 11 is 0. The van der Waals surface area contributed by atoms with Gasteiger partial charge in [0.2, 0.25) is 5.91 Å². The number of esters is 1. The van der Waals surface area contributed by atoms with Gasteiger partial charge in [-0.2, -0.15) is 0 Å². The van der Waals surface area contributed by atoms with E-state index in [1.807, 2.05) is 0 Å². The van der Waals surface area contributed by atoms with Crippen LogP contribution in [0.1, 0.15) is 26.2 Å². The molecule has 0 unspecified atom stereocenters. The van der Waals surface area contributed by atoms with E-state index in [4.69, 9.17) is 14.6 Å². The van der Waals surface area contributed by atoms with Crippen molar-refractivity contribution in [3.8, 4) is 0 Å². The van der Waals surface area contributed by atoms with E-state index in [0.717, 1.165) is 12.8 Å². The molecule has 6 nitrogen and oxygen atoms in total. The van der Waals surface area contributed by atoms with Crippen LogP contribution in [-0.4, -0.2) is 61.4 Å². The summed E-state index contributed by atoms with van der Waals surface area (Å²) in [4.78, 5) is 25.0. The molecule has 6 heteroatoms. The molecular weight excluding hydrogens is 250 g/mol. The smallest absolute Gasteiger partial charge is 0.307 e. The van der Waals surface area contributed by atoms with Crippen LogP contribution in [0.3, 0.4) is 0 Å². The van der Waals surface area contributed by atoms with Gasteiger partial charge >= 0.3 is 5.97 Å². The number of nitrogens with zero attached hydrogens (tertiary/aromatic N) is 1. The molecule has 1 saturated carbocycles. The maximum atomic E-state index is 12.0. The van der Waals surface area contributed by atoms with Gasteiger partial charge in [-0.25, -0.2) is 0 Å². The van der Waals surface area contributed by atoms with Crippen molar-refractivity contribution in [2.75, 3.05) is 39.5 Å². The molecule has 0 spiro atoms. The van der Waals surface area contributed by atoms with Crippen molar-refractivity contribution in [1.29, 1.82) is 0 Å². The molecule has 1 rings (SSSR count). The van der Waals surface area contributed by atoms with Crippen LogP contribution in [0.2, 0.25) is 0 Å². The number of hydrogen-bond donors (Lipinski definition) is 1. The second-order valence-corrected chi connectivity index (χ2v) is 4.49. The zero-order valence-corrected chi connectivity index (χ0v) is 11.5. The molecule has 0 heterocycles. The predicted octanol–water partition coefficient (Wildman–Crippen LogP) is 0.187. The molecule has 0 aliphatic heterocycles. The van der Waals surface area contributed by atoms with Crippen molar-refractivity contribution >= 4 is 11.9 Å². The lowest BCUT2D eigenvalue weighted by atomic mass is 10.3. The number of carbonyl (C=O) groups is 2. The molecule has 0 aromatic rings. The molecule has 0 atom stereocenters. The Labute approximate surface area is 113 Å². The summed E-state index contributed by atoms with van der Waals surface area (Å²) in [6.45, 7) is 3.55. The lowest BCUT2D eigenvalue weighted by Crippen LogP contribution is -2.37. The molecule has 1 aliphatic rings. The highest BCUT2D eigenvalue weighted by atomic mass is 16.5. The summed E-state index contributed by atoms with van der Waals surface area (Å²) in [6.07, 6.45) is 2.09. The second kappa shape index (κ2) is 8.87. The third kappa shape index (κ3) is 6.54. The predicted molar refractivity (Wildman–Crippen MR) is 68.5 cm³/mol. The van der Waals surface area contributed by atoms with Crippen LogP contribution in [0.25, 0.3) is 0 Å². The van der Waals surface area contributed by atoms with Crippen molar-refractivity contribution in [2.45, 2.75) is 26.2 Å². The highest BCUT2D eigenvalue weighted by Gasteiger charge is 2.33. The molecular formula is C13H23NO5. The minimum atomic E-state index is -0.285. The lowest BCUT2D eigenvalue weighted by molar-refractivity contribution is -0.144. The highest BCUT2D eigenvalue weighted by molar-refractivity contribution is 5.81. The number of rotatable bonds is 10.